The van der Waals surface area contributed by atoms with Gasteiger partial charge in [-0.05, 0) is 24.3 Å². The number of hydrogen-bond acceptors (Lipinski definition) is 6. The number of ketones is 1. The van der Waals surface area contributed by atoms with Gasteiger partial charge in [-0.1, -0.05) is 22.0 Å². The van der Waals surface area contributed by atoms with Crippen molar-refractivity contribution in [3.05, 3.63) is 57.8 Å². The molecule has 6 nitrogen and oxygen atoms in total. The van der Waals surface area contributed by atoms with Gasteiger partial charge in [-0.15, -0.1) is 0 Å². The molecule has 1 saturated heterocycles. The lowest BCUT2D eigenvalue weighted by Gasteiger charge is -2.15. The zero-order chi connectivity index (χ0) is 16.9. The molecule has 0 atom stereocenters. The van der Waals surface area contributed by atoms with Gasteiger partial charge in [0.15, 0.2) is 13.1 Å². The second-order valence-corrected chi connectivity index (χ2v) is 5.95. The summed E-state index contributed by atoms with van der Waals surface area (Å²) < 4.78 is 22.2. The highest BCUT2D eigenvalue weighted by molar-refractivity contribution is 9.10. The Hall–Kier alpha value is -1.80. The Morgan fingerprint density at radius 1 is 1.33 bits per heavy atom. The molecular weight excluding hydrogens is 378 g/mol. The summed E-state index contributed by atoms with van der Waals surface area (Å²) in [6.07, 6.45) is 0.993. The number of carbonyl (C=O) groups is 1. The summed E-state index contributed by atoms with van der Waals surface area (Å²) in [5.74, 6) is 0.159. The molecule has 1 fully saturated rings. The molecule has 0 radical (unpaired) electrons. The molecule has 0 aliphatic carbocycles. The zero-order valence-electron chi connectivity index (χ0n) is 13.0. The lowest BCUT2D eigenvalue weighted by Crippen LogP contribution is -2.13. The average molecular weight is 394 g/mol. The van der Waals surface area contributed by atoms with Crippen molar-refractivity contribution in [3.63, 3.8) is 0 Å². The van der Waals surface area contributed by atoms with Crippen molar-refractivity contribution in [2.24, 2.45) is 0 Å². The van der Waals surface area contributed by atoms with E-state index in [1.165, 1.54) is 7.11 Å². The minimum absolute atomic E-state index is 0.0475. The van der Waals surface area contributed by atoms with Gasteiger partial charge in [-0.3, -0.25) is 9.78 Å². The molecular formula is C17H16BrNO5. The van der Waals surface area contributed by atoms with E-state index in [0.29, 0.717) is 30.1 Å². The average Bonchev–Trinajstić information content (AvgIpc) is 3.14. The quantitative estimate of drug-likeness (QED) is 0.554. The van der Waals surface area contributed by atoms with E-state index in [2.05, 4.69) is 20.9 Å². The van der Waals surface area contributed by atoms with E-state index in [0.717, 1.165) is 4.47 Å². The van der Waals surface area contributed by atoms with Crippen molar-refractivity contribution in [2.75, 3.05) is 27.1 Å². The van der Waals surface area contributed by atoms with Crippen LogP contribution < -0.4 is 4.74 Å². The highest BCUT2D eigenvalue weighted by Crippen LogP contribution is 2.30. The van der Waals surface area contributed by atoms with E-state index in [-0.39, 0.29) is 18.3 Å². The van der Waals surface area contributed by atoms with Crippen LogP contribution >= 0.6 is 15.9 Å². The summed E-state index contributed by atoms with van der Waals surface area (Å²) in [4.78, 5) is 17.3. The molecule has 3 rings (SSSR count). The Balaban J connectivity index is 1.99. The van der Waals surface area contributed by atoms with Gasteiger partial charge < -0.3 is 18.9 Å². The predicted octanol–water partition coefficient (Wildman–Crippen LogP) is 3.10. The highest BCUT2D eigenvalue weighted by atomic mass is 79.9. The molecule has 7 heteroatoms. The summed E-state index contributed by atoms with van der Waals surface area (Å²) in [5.41, 5.74) is 1.28. The van der Waals surface area contributed by atoms with Crippen LogP contribution in [0, 0.1) is 0 Å². The van der Waals surface area contributed by atoms with Crippen LogP contribution in [0.3, 0.4) is 0 Å². The molecule has 1 aliphatic heterocycles. The van der Waals surface area contributed by atoms with Crippen LogP contribution in [0.4, 0.5) is 0 Å². The van der Waals surface area contributed by atoms with Crippen LogP contribution in [0.15, 0.2) is 41.0 Å². The first-order chi connectivity index (χ1) is 11.7. The standard InChI is InChI=1S/C17H16BrNO5/c1-21-10-24-14-5-4-11(18)9-13(14)16(20)15-12(3-2-6-19-15)17-22-7-8-23-17/h2-6,9,17H,7-8,10H2,1H3. The van der Waals surface area contributed by atoms with Gasteiger partial charge in [0.2, 0.25) is 5.78 Å². The summed E-state index contributed by atoms with van der Waals surface area (Å²) >= 11 is 3.38. The molecule has 0 N–H and O–H groups in total. The van der Waals surface area contributed by atoms with Crippen molar-refractivity contribution in [2.45, 2.75) is 6.29 Å². The number of pyridine rings is 1. The van der Waals surface area contributed by atoms with Crippen LogP contribution in [0.1, 0.15) is 27.9 Å². The number of aromatic nitrogens is 1. The lowest BCUT2D eigenvalue weighted by atomic mass is 10.0. The number of carbonyl (C=O) groups excluding carboxylic acids is 1. The van der Waals surface area contributed by atoms with Gasteiger partial charge in [0.1, 0.15) is 11.4 Å². The van der Waals surface area contributed by atoms with Crippen molar-refractivity contribution >= 4 is 21.7 Å². The Kier molecular flexibility index (Phi) is 5.57. The van der Waals surface area contributed by atoms with Crippen LogP contribution in [0.2, 0.25) is 0 Å². The minimum atomic E-state index is -0.576. The second kappa shape index (κ2) is 7.85. The monoisotopic (exact) mass is 393 g/mol. The molecule has 2 aromatic rings. The largest absolute Gasteiger partial charge is 0.467 e. The van der Waals surface area contributed by atoms with Gasteiger partial charge in [0.05, 0.1) is 18.8 Å². The van der Waals surface area contributed by atoms with Gasteiger partial charge in [0, 0.05) is 23.3 Å². The molecule has 0 spiro atoms. The van der Waals surface area contributed by atoms with Crippen LogP contribution in [-0.2, 0) is 14.2 Å². The Morgan fingerprint density at radius 3 is 2.88 bits per heavy atom. The number of methoxy groups -OCH3 is 1. The number of halogens is 1. The predicted molar refractivity (Wildman–Crippen MR) is 89.0 cm³/mol. The van der Waals surface area contributed by atoms with E-state index in [9.17, 15) is 4.79 Å². The lowest BCUT2D eigenvalue weighted by molar-refractivity contribution is -0.0447. The molecule has 126 valence electrons. The molecule has 2 heterocycles. The fourth-order valence-electron chi connectivity index (χ4n) is 2.39. The van der Waals surface area contributed by atoms with Gasteiger partial charge in [-0.25, -0.2) is 0 Å². The first-order valence-electron chi connectivity index (χ1n) is 7.35. The van der Waals surface area contributed by atoms with Gasteiger partial charge in [-0.2, -0.15) is 0 Å². The van der Waals surface area contributed by atoms with Crippen molar-refractivity contribution in [1.29, 1.82) is 0 Å². The zero-order valence-corrected chi connectivity index (χ0v) is 14.6. The molecule has 0 amide bonds. The molecule has 1 aromatic heterocycles. The summed E-state index contributed by atoms with van der Waals surface area (Å²) in [6.45, 7) is 1.03. The fourth-order valence-corrected chi connectivity index (χ4v) is 2.75. The van der Waals surface area contributed by atoms with Crippen molar-refractivity contribution in [1.82, 2.24) is 4.98 Å². The Labute approximate surface area is 147 Å². The van der Waals surface area contributed by atoms with Crippen molar-refractivity contribution < 1.29 is 23.7 Å². The number of hydrogen-bond donors (Lipinski definition) is 0. The first kappa shape index (κ1) is 17.0. The van der Waals surface area contributed by atoms with E-state index in [4.69, 9.17) is 18.9 Å². The molecule has 0 bridgehead atoms. The molecule has 1 aromatic carbocycles. The maximum absolute atomic E-state index is 13.0. The Morgan fingerprint density at radius 2 is 2.12 bits per heavy atom. The molecule has 0 saturated carbocycles. The van der Waals surface area contributed by atoms with Gasteiger partial charge >= 0.3 is 0 Å². The normalized spacial score (nSPS) is 14.8. The summed E-state index contributed by atoms with van der Waals surface area (Å²) in [5, 5.41) is 0. The smallest absolute Gasteiger partial charge is 0.215 e. The molecule has 1 aliphatic rings. The third kappa shape index (κ3) is 3.64. The number of benzene rings is 1. The Bertz CT molecular complexity index is 731. The molecule has 24 heavy (non-hydrogen) atoms. The third-order valence-corrected chi connectivity index (χ3v) is 3.94. The first-order valence-corrected chi connectivity index (χ1v) is 8.14. The topological polar surface area (TPSA) is 66.9 Å². The van der Waals surface area contributed by atoms with E-state index in [1.807, 2.05) is 0 Å². The van der Waals surface area contributed by atoms with Crippen molar-refractivity contribution in [3.8, 4) is 5.75 Å². The SMILES string of the molecule is COCOc1ccc(Br)cc1C(=O)c1ncccc1C1OCCO1. The second-order valence-electron chi connectivity index (χ2n) is 5.04. The highest BCUT2D eigenvalue weighted by Gasteiger charge is 2.27. The van der Waals surface area contributed by atoms with Crippen LogP contribution in [0.5, 0.6) is 5.75 Å². The maximum Gasteiger partial charge on any atom is 0.215 e. The fraction of sp³-hybridized carbons (Fsp3) is 0.294. The summed E-state index contributed by atoms with van der Waals surface area (Å²) in [7, 11) is 1.52. The minimum Gasteiger partial charge on any atom is -0.467 e. The van der Waals surface area contributed by atoms with E-state index in [1.54, 1.807) is 36.5 Å². The molecule has 0 unspecified atom stereocenters. The number of rotatable bonds is 6. The third-order valence-electron chi connectivity index (χ3n) is 3.45. The maximum atomic E-state index is 13.0. The van der Waals surface area contributed by atoms with E-state index >= 15 is 0 Å². The number of nitrogens with zero attached hydrogens (tertiary/aromatic N) is 1. The summed E-state index contributed by atoms with van der Waals surface area (Å²) in [6, 6.07) is 8.73. The van der Waals surface area contributed by atoms with Crippen LogP contribution in [-0.4, -0.2) is 37.9 Å². The number of ether oxygens (including phenoxy) is 4. The van der Waals surface area contributed by atoms with E-state index < -0.39 is 6.29 Å². The van der Waals surface area contributed by atoms with Gasteiger partial charge in [0.25, 0.3) is 0 Å². The van der Waals surface area contributed by atoms with Crippen LogP contribution in [0.25, 0.3) is 0 Å².